The van der Waals surface area contributed by atoms with Crippen molar-refractivity contribution in [2.45, 2.75) is 0 Å². The first kappa shape index (κ1) is 36.1. The molecule has 0 bridgehead atoms. The van der Waals surface area contributed by atoms with Crippen LogP contribution in [0.5, 0.6) is 0 Å². The maximum Gasteiger partial charge on any atom is 0.167 e. The van der Waals surface area contributed by atoms with Crippen LogP contribution in [0.15, 0.2) is 211 Å². The van der Waals surface area contributed by atoms with E-state index in [1.165, 1.54) is 47.8 Å². The summed E-state index contributed by atoms with van der Waals surface area (Å²) in [5.74, 6) is 1.72. The van der Waals surface area contributed by atoms with Gasteiger partial charge in [0.05, 0.1) is 22.3 Å². The van der Waals surface area contributed by atoms with Gasteiger partial charge in [0.15, 0.2) is 17.5 Å². The van der Waals surface area contributed by atoms with E-state index < -0.39 is 0 Å². The number of hydrogen-bond acceptors (Lipinski definition) is 5. The molecular formula is C59H34N4OS. The Morgan fingerprint density at radius 1 is 0.369 bits per heavy atom. The molecule has 0 fully saturated rings. The Morgan fingerprint density at radius 3 is 1.65 bits per heavy atom. The van der Waals surface area contributed by atoms with Crippen molar-refractivity contribution in [1.82, 2.24) is 19.5 Å². The van der Waals surface area contributed by atoms with Crippen molar-refractivity contribution in [3.63, 3.8) is 0 Å². The molecule has 0 aliphatic heterocycles. The van der Waals surface area contributed by atoms with Crippen LogP contribution in [0.3, 0.4) is 0 Å². The summed E-state index contributed by atoms with van der Waals surface area (Å²) in [6.07, 6.45) is 0. The van der Waals surface area contributed by atoms with Crippen molar-refractivity contribution < 1.29 is 4.42 Å². The smallest absolute Gasteiger partial charge is 0.167 e. The predicted molar refractivity (Wildman–Crippen MR) is 271 cm³/mol. The predicted octanol–water partition coefficient (Wildman–Crippen LogP) is 16.2. The Bertz CT molecular complexity index is 4150. The second-order valence-corrected chi connectivity index (χ2v) is 17.8. The molecule has 0 N–H and O–H groups in total. The standard InChI is InChI=1S/C59H34N4OS/c1-2-13-35(14-3-1)36-25-27-37(28-26-36)57-60-58(62-59(61-57)46-22-12-21-44-43-19-8-10-23-52(43)64-56(44)46)42-33-51(55-45-20-9-11-24-53(45)65-54(55)34-42)63-49-31-40-17-6-4-15-38(40)29-47(49)48-30-39-16-5-7-18-41(39)32-50(48)63/h1-34H. The molecule has 14 rings (SSSR count). The van der Waals surface area contributed by atoms with Crippen molar-refractivity contribution in [1.29, 1.82) is 0 Å². The molecule has 0 amide bonds. The van der Waals surface area contributed by atoms with Gasteiger partial charge in [-0.3, -0.25) is 0 Å². The van der Waals surface area contributed by atoms with E-state index in [4.69, 9.17) is 19.4 Å². The second kappa shape index (κ2) is 14.0. The van der Waals surface area contributed by atoms with Crippen LogP contribution in [-0.2, 0) is 0 Å². The van der Waals surface area contributed by atoms with Crippen LogP contribution >= 0.6 is 11.3 Å². The molecule has 5 nitrogen and oxygen atoms in total. The molecule has 65 heavy (non-hydrogen) atoms. The zero-order valence-corrected chi connectivity index (χ0v) is 35.6. The fraction of sp³-hybridized carbons (Fsp3) is 0. The molecule has 0 atom stereocenters. The van der Waals surface area contributed by atoms with Crippen LogP contribution in [0.2, 0.25) is 0 Å². The Balaban J connectivity index is 1.07. The number of hydrogen-bond donors (Lipinski definition) is 0. The average Bonchev–Trinajstić information content (AvgIpc) is 4.04. The molecule has 4 heterocycles. The van der Waals surface area contributed by atoms with Crippen molar-refractivity contribution in [2.75, 3.05) is 0 Å². The molecule has 0 saturated carbocycles. The van der Waals surface area contributed by atoms with Gasteiger partial charge in [-0.1, -0.05) is 152 Å². The number of rotatable bonds is 5. The highest BCUT2D eigenvalue weighted by Crippen LogP contribution is 2.45. The summed E-state index contributed by atoms with van der Waals surface area (Å²) < 4.78 is 11.5. The molecule has 302 valence electrons. The van der Waals surface area contributed by atoms with Gasteiger partial charge in [0.1, 0.15) is 11.2 Å². The summed E-state index contributed by atoms with van der Waals surface area (Å²) in [5, 5.41) is 11.8. The van der Waals surface area contributed by atoms with Crippen molar-refractivity contribution in [3.8, 4) is 51.0 Å². The number of nitrogens with zero attached hydrogens (tertiary/aromatic N) is 4. The monoisotopic (exact) mass is 846 g/mol. The first-order valence-corrected chi connectivity index (χ1v) is 22.6. The zero-order chi connectivity index (χ0) is 42.6. The van der Waals surface area contributed by atoms with Crippen LogP contribution in [0.4, 0.5) is 0 Å². The summed E-state index contributed by atoms with van der Waals surface area (Å²) in [6.45, 7) is 0. The third kappa shape index (κ3) is 5.67. The van der Waals surface area contributed by atoms with Crippen LogP contribution in [-0.4, -0.2) is 19.5 Å². The van der Waals surface area contributed by atoms with E-state index in [0.717, 1.165) is 71.2 Å². The van der Waals surface area contributed by atoms with Gasteiger partial charge in [0, 0.05) is 52.8 Å². The van der Waals surface area contributed by atoms with Gasteiger partial charge >= 0.3 is 0 Å². The minimum atomic E-state index is 0.551. The van der Waals surface area contributed by atoms with E-state index in [9.17, 15) is 0 Å². The van der Waals surface area contributed by atoms with Gasteiger partial charge in [-0.2, -0.15) is 0 Å². The summed E-state index contributed by atoms with van der Waals surface area (Å²) >= 11 is 1.80. The molecule has 0 radical (unpaired) electrons. The van der Waals surface area contributed by atoms with E-state index >= 15 is 0 Å². The van der Waals surface area contributed by atoms with Gasteiger partial charge < -0.3 is 8.98 Å². The highest BCUT2D eigenvalue weighted by atomic mass is 32.1. The third-order valence-corrected chi connectivity index (χ3v) is 14.1. The second-order valence-electron chi connectivity index (χ2n) is 16.8. The van der Waals surface area contributed by atoms with Crippen molar-refractivity contribution in [2.24, 2.45) is 0 Å². The molecule has 0 unspecified atom stereocenters. The average molecular weight is 847 g/mol. The molecule has 14 aromatic rings. The lowest BCUT2D eigenvalue weighted by atomic mass is 10.0. The highest BCUT2D eigenvalue weighted by Gasteiger charge is 2.23. The van der Waals surface area contributed by atoms with Crippen LogP contribution in [0.25, 0.3) is 136 Å². The number of thiophene rings is 1. The Morgan fingerprint density at radius 2 is 0.923 bits per heavy atom. The minimum absolute atomic E-state index is 0.551. The zero-order valence-electron chi connectivity index (χ0n) is 34.7. The van der Waals surface area contributed by atoms with Gasteiger partial charge in [-0.05, 0) is 87.3 Å². The molecule has 10 aromatic carbocycles. The van der Waals surface area contributed by atoms with Gasteiger partial charge in [-0.25, -0.2) is 15.0 Å². The quantitative estimate of drug-likeness (QED) is 0.173. The maximum atomic E-state index is 6.59. The number of fused-ring (bicyclic) bond motifs is 11. The largest absolute Gasteiger partial charge is 0.455 e. The van der Waals surface area contributed by atoms with Gasteiger partial charge in [0.25, 0.3) is 0 Å². The van der Waals surface area contributed by atoms with Crippen LogP contribution in [0, 0.1) is 0 Å². The molecular weight excluding hydrogens is 813 g/mol. The normalized spacial score (nSPS) is 12.0. The van der Waals surface area contributed by atoms with E-state index in [1.54, 1.807) is 11.3 Å². The lowest BCUT2D eigenvalue weighted by Crippen LogP contribution is -2.02. The Kier molecular flexibility index (Phi) is 7.79. The molecule has 0 aliphatic rings. The molecule has 0 spiro atoms. The van der Waals surface area contributed by atoms with Gasteiger partial charge in [0.2, 0.25) is 0 Å². The highest BCUT2D eigenvalue weighted by molar-refractivity contribution is 7.26. The molecule has 4 aromatic heterocycles. The fourth-order valence-electron chi connectivity index (χ4n) is 9.91. The Hall–Kier alpha value is -8.45. The summed E-state index contributed by atoms with van der Waals surface area (Å²) in [5.41, 5.74) is 9.85. The Labute approximate surface area is 376 Å². The molecule has 0 aliphatic carbocycles. The lowest BCUT2D eigenvalue weighted by molar-refractivity contribution is 0.669. The van der Waals surface area contributed by atoms with E-state index in [2.05, 4.69) is 187 Å². The van der Waals surface area contributed by atoms with E-state index in [-0.39, 0.29) is 0 Å². The number of furan rings is 1. The number of para-hydroxylation sites is 2. The summed E-state index contributed by atoms with van der Waals surface area (Å²) in [7, 11) is 0. The van der Waals surface area contributed by atoms with Crippen molar-refractivity contribution >= 4 is 96.8 Å². The maximum absolute atomic E-state index is 6.59. The number of aromatic nitrogens is 4. The SMILES string of the molecule is c1ccc(-c2ccc(-c3nc(-c4cc(-n5c6cc7ccccc7cc6c6cc7ccccc7cc65)c5c(c4)sc4ccccc45)nc(-c4cccc5c4oc4ccccc45)n3)cc2)cc1. The third-order valence-electron chi connectivity index (χ3n) is 13.0. The first-order chi connectivity index (χ1) is 32.2. The summed E-state index contributed by atoms with van der Waals surface area (Å²) in [4.78, 5) is 16.0. The fourth-order valence-corrected chi connectivity index (χ4v) is 11.1. The number of benzene rings is 10. The summed E-state index contributed by atoms with van der Waals surface area (Å²) in [6, 6.07) is 73.4. The molecule has 6 heteroatoms. The van der Waals surface area contributed by atoms with Gasteiger partial charge in [-0.15, -0.1) is 11.3 Å². The van der Waals surface area contributed by atoms with E-state index in [1.807, 2.05) is 24.3 Å². The lowest BCUT2D eigenvalue weighted by Gasteiger charge is -2.14. The van der Waals surface area contributed by atoms with Crippen LogP contribution in [0.1, 0.15) is 0 Å². The van der Waals surface area contributed by atoms with Crippen LogP contribution < -0.4 is 0 Å². The topological polar surface area (TPSA) is 56.7 Å². The van der Waals surface area contributed by atoms with E-state index in [0.29, 0.717) is 17.5 Å². The molecule has 0 saturated heterocycles. The minimum Gasteiger partial charge on any atom is -0.455 e. The van der Waals surface area contributed by atoms with Crippen molar-refractivity contribution in [3.05, 3.63) is 206 Å². The first-order valence-electron chi connectivity index (χ1n) is 21.8.